The topological polar surface area (TPSA) is 0 Å². The minimum absolute atomic E-state index is 0. The Labute approximate surface area is 256 Å². The van der Waals surface area contributed by atoms with Crippen molar-refractivity contribution in [3.63, 3.8) is 0 Å². The Bertz CT molecular complexity index is 1090. The Morgan fingerprint density at radius 3 is 1.38 bits per heavy atom. The van der Waals surface area contributed by atoms with Crippen LogP contribution in [-0.2, 0) is 21.7 Å². The molecule has 0 aliphatic carbocycles. The fourth-order valence-electron chi connectivity index (χ4n) is 5.27. The number of hydrogen-bond acceptors (Lipinski definition) is 0. The molecule has 5 heteroatoms. The molecule has 0 N–H and O–H groups in total. The first-order valence-corrected chi connectivity index (χ1v) is 16.0. The van der Waals surface area contributed by atoms with Crippen LogP contribution in [0.4, 0.5) is 0 Å². The van der Waals surface area contributed by atoms with Crippen molar-refractivity contribution in [2.24, 2.45) is 0 Å². The van der Waals surface area contributed by atoms with E-state index < -0.39 is 0 Å². The first-order valence-electron chi connectivity index (χ1n) is 12.9. The summed E-state index contributed by atoms with van der Waals surface area (Å²) in [4.78, 5) is 0. The van der Waals surface area contributed by atoms with Gasteiger partial charge in [-0.05, 0) is 22.6 Å². The number of rotatable bonds is 6. The summed E-state index contributed by atoms with van der Waals surface area (Å²) >= 11 is 0. The Morgan fingerprint density at radius 2 is 1.00 bits per heavy atom. The molecule has 0 atom stereocenters. The van der Waals surface area contributed by atoms with Crippen molar-refractivity contribution >= 4 is 48.0 Å². The molecule has 4 rings (SSSR count). The predicted molar refractivity (Wildman–Crippen MR) is 162 cm³/mol. The van der Waals surface area contributed by atoms with Crippen LogP contribution in [0.25, 0.3) is 21.5 Å². The number of benzene rings is 2. The maximum Gasteiger partial charge on any atom is 4.00 e. The second-order valence-electron chi connectivity index (χ2n) is 11.3. The SMILES string of the molecule is CC(C)(C)P(c1cc2ccccc2[cH-]1)C(C)(C)C.CCCP(CCC)c1cc2ccccc2[cH-]1.[Cl-].[Cl-].[Ti+4]. The van der Waals surface area contributed by atoms with Crippen LogP contribution in [0.3, 0.4) is 0 Å². The molecule has 0 aliphatic heterocycles. The zero-order valence-corrected chi connectivity index (χ0v) is 28.8. The summed E-state index contributed by atoms with van der Waals surface area (Å²) in [5.74, 6) is 0. The van der Waals surface area contributed by atoms with Gasteiger partial charge in [-0.2, -0.15) is 12.1 Å². The van der Waals surface area contributed by atoms with E-state index in [4.69, 9.17) is 0 Å². The summed E-state index contributed by atoms with van der Waals surface area (Å²) in [7, 11) is -0.0874. The van der Waals surface area contributed by atoms with Crippen molar-refractivity contribution in [2.45, 2.75) is 78.5 Å². The van der Waals surface area contributed by atoms with Gasteiger partial charge in [0.05, 0.1) is 0 Å². The molecular formula is C32H44Cl2P2Ti. The second kappa shape index (κ2) is 16.2. The smallest absolute Gasteiger partial charge is 1.00 e. The Balaban J connectivity index is 0.000000651. The van der Waals surface area contributed by atoms with Crippen molar-refractivity contribution in [3.05, 3.63) is 72.8 Å². The monoisotopic (exact) mass is 608 g/mol. The third-order valence-electron chi connectivity index (χ3n) is 6.16. The number of hydrogen-bond donors (Lipinski definition) is 0. The van der Waals surface area contributed by atoms with E-state index in [9.17, 15) is 0 Å². The number of fused-ring (bicyclic) bond motifs is 2. The van der Waals surface area contributed by atoms with Gasteiger partial charge in [0, 0.05) is 0 Å². The van der Waals surface area contributed by atoms with E-state index in [0.717, 1.165) is 0 Å². The predicted octanol–water partition coefficient (Wildman–Crippen LogP) is 3.75. The Hall–Kier alpha value is -0.186. The van der Waals surface area contributed by atoms with Crippen molar-refractivity contribution < 1.29 is 46.5 Å². The van der Waals surface area contributed by atoms with E-state index >= 15 is 0 Å². The average molecular weight is 609 g/mol. The molecule has 0 amide bonds. The first-order chi connectivity index (χ1) is 16.0. The summed E-state index contributed by atoms with van der Waals surface area (Å²) in [6.45, 7) is 18.9. The summed E-state index contributed by atoms with van der Waals surface area (Å²) < 4.78 is 0. The standard InChI is InChI=1S/C17H24P.C15H20P.2ClH.Ti/c1-16(2,3)18(17(4,5)6)15-11-13-9-7-8-10-14(13)12-15;1-3-9-16(10-4-2)15-11-13-7-5-6-8-14(13)12-15;;;/h7-12H,1-6H3;5-8,11-12H,3-4,9-10H2,1-2H3;2*1H;/q2*-1;;;+4/p-2. The van der Waals surface area contributed by atoms with E-state index in [0.29, 0.717) is 10.3 Å². The maximum atomic E-state index is 2.41. The molecule has 0 radical (unpaired) electrons. The fourth-order valence-corrected chi connectivity index (χ4v) is 11.8. The van der Waals surface area contributed by atoms with Gasteiger partial charge >= 0.3 is 21.7 Å². The molecule has 0 aromatic heterocycles. The van der Waals surface area contributed by atoms with Crippen LogP contribution >= 0.6 is 15.8 Å². The van der Waals surface area contributed by atoms with E-state index in [1.807, 2.05) is 0 Å². The van der Waals surface area contributed by atoms with Crippen LogP contribution in [0, 0.1) is 0 Å². The van der Waals surface area contributed by atoms with Crippen molar-refractivity contribution in [3.8, 4) is 0 Å². The molecular weight excluding hydrogens is 565 g/mol. The van der Waals surface area contributed by atoms with Crippen LogP contribution in [-0.4, -0.2) is 22.6 Å². The molecule has 4 aromatic rings. The van der Waals surface area contributed by atoms with Gasteiger partial charge in [0.1, 0.15) is 0 Å². The summed E-state index contributed by atoms with van der Waals surface area (Å²) in [5, 5.41) is 9.44. The molecule has 0 aliphatic rings. The van der Waals surface area contributed by atoms with Gasteiger partial charge in [-0.25, -0.2) is 0 Å². The van der Waals surface area contributed by atoms with Gasteiger partial charge in [-0.15, -0.1) is 80.7 Å². The van der Waals surface area contributed by atoms with Crippen LogP contribution < -0.4 is 35.4 Å². The van der Waals surface area contributed by atoms with Gasteiger partial charge in [0.25, 0.3) is 0 Å². The number of halogens is 2. The van der Waals surface area contributed by atoms with Crippen molar-refractivity contribution in [2.75, 3.05) is 12.3 Å². The van der Waals surface area contributed by atoms with Gasteiger partial charge in [-0.1, -0.05) is 96.2 Å². The molecule has 200 valence electrons. The van der Waals surface area contributed by atoms with Crippen molar-refractivity contribution in [1.29, 1.82) is 0 Å². The van der Waals surface area contributed by atoms with E-state index in [1.165, 1.54) is 46.7 Å². The first kappa shape index (κ1) is 36.8. The van der Waals surface area contributed by atoms with Crippen LogP contribution in [0.15, 0.2) is 72.8 Å². The van der Waals surface area contributed by atoms with E-state index in [-0.39, 0.29) is 62.4 Å². The zero-order valence-electron chi connectivity index (χ0n) is 23.9. The molecule has 0 unspecified atom stereocenters. The minimum Gasteiger partial charge on any atom is -1.00 e. The van der Waals surface area contributed by atoms with Crippen LogP contribution in [0.5, 0.6) is 0 Å². The van der Waals surface area contributed by atoms with Crippen LogP contribution in [0.2, 0.25) is 0 Å². The Kier molecular flexibility index (Phi) is 16.1. The van der Waals surface area contributed by atoms with Gasteiger partial charge in [0.15, 0.2) is 0 Å². The third kappa shape index (κ3) is 10.1. The normalized spacial score (nSPS) is 11.5. The van der Waals surface area contributed by atoms with Crippen LogP contribution in [0.1, 0.15) is 68.2 Å². The largest absolute Gasteiger partial charge is 4.00 e. The van der Waals surface area contributed by atoms with E-state index in [1.54, 1.807) is 10.6 Å². The maximum absolute atomic E-state index is 2.41. The molecule has 4 aromatic carbocycles. The molecule has 0 saturated heterocycles. The molecule has 0 spiro atoms. The van der Waals surface area contributed by atoms with Gasteiger partial charge < -0.3 is 24.8 Å². The average Bonchev–Trinajstić information content (AvgIpc) is 3.35. The molecule has 0 fully saturated rings. The fraction of sp³-hybridized carbons (Fsp3) is 0.438. The van der Waals surface area contributed by atoms with Crippen molar-refractivity contribution in [1.82, 2.24) is 0 Å². The summed E-state index contributed by atoms with van der Waals surface area (Å²) in [5.41, 5.74) is 0. The van der Waals surface area contributed by atoms with E-state index in [2.05, 4.69) is 128 Å². The van der Waals surface area contributed by atoms with Gasteiger partial charge in [-0.3, -0.25) is 0 Å². The quantitative estimate of drug-likeness (QED) is 0.178. The Morgan fingerprint density at radius 1 is 0.622 bits per heavy atom. The molecule has 0 heterocycles. The minimum atomic E-state index is -0.185. The molecule has 0 bridgehead atoms. The third-order valence-corrected chi connectivity index (χ3v) is 12.6. The zero-order chi connectivity index (χ0) is 24.9. The molecule has 0 nitrogen and oxygen atoms in total. The van der Waals surface area contributed by atoms with Gasteiger partial charge in [0.2, 0.25) is 0 Å². The molecule has 0 saturated carbocycles. The second-order valence-corrected chi connectivity index (χ2v) is 17.7. The molecule has 37 heavy (non-hydrogen) atoms. The summed E-state index contributed by atoms with van der Waals surface area (Å²) in [6.07, 6.45) is 5.40. The summed E-state index contributed by atoms with van der Waals surface area (Å²) in [6, 6.07) is 27.0.